The number of piperazine rings is 1. The number of aromatic nitrogens is 6. The lowest BCUT2D eigenvalue weighted by Crippen LogP contribution is -2.56. The van der Waals surface area contributed by atoms with E-state index in [4.69, 9.17) is 15.7 Å². The number of rotatable bonds is 6. The first-order chi connectivity index (χ1) is 22.0. The molecule has 5 heterocycles. The van der Waals surface area contributed by atoms with E-state index in [1.807, 2.05) is 54.6 Å². The van der Waals surface area contributed by atoms with Gasteiger partial charge in [-0.05, 0) is 61.9 Å². The van der Waals surface area contributed by atoms with Crippen LogP contribution in [0, 0.1) is 11.3 Å². The number of nitriles is 1. The molecule has 6 aromatic rings. The topological polar surface area (TPSA) is 126 Å². The van der Waals surface area contributed by atoms with Gasteiger partial charge in [-0.15, -0.1) is 0 Å². The molecule has 1 aliphatic rings. The van der Waals surface area contributed by atoms with Crippen LogP contribution in [0.15, 0.2) is 97.3 Å². The Labute approximate surface area is 261 Å². The molecule has 2 N–H and O–H groups in total. The average molecular weight is 593 g/mol. The molecule has 1 fully saturated rings. The van der Waals surface area contributed by atoms with Crippen LogP contribution in [0.3, 0.4) is 0 Å². The Balaban J connectivity index is 1.19. The molecule has 0 saturated carbocycles. The molecule has 1 saturated heterocycles. The lowest BCUT2D eigenvalue weighted by molar-refractivity contribution is 0.191. The molecule has 222 valence electrons. The van der Waals surface area contributed by atoms with Gasteiger partial charge in [-0.25, -0.2) is 24.9 Å². The number of fused-ring (bicyclic) bond motifs is 1. The number of nitrogen functional groups attached to an aromatic ring is 1. The summed E-state index contributed by atoms with van der Waals surface area (Å²) in [6, 6.07) is 30.9. The Morgan fingerprint density at radius 2 is 1.60 bits per heavy atom. The van der Waals surface area contributed by atoms with Gasteiger partial charge in [-0.3, -0.25) is 9.47 Å². The fourth-order valence-corrected chi connectivity index (χ4v) is 6.33. The van der Waals surface area contributed by atoms with Crippen molar-refractivity contribution >= 4 is 22.8 Å². The second-order valence-corrected chi connectivity index (χ2v) is 11.4. The molecule has 10 nitrogen and oxygen atoms in total. The molecule has 0 spiro atoms. The Kier molecular flexibility index (Phi) is 7.37. The molecule has 4 aromatic heterocycles. The van der Waals surface area contributed by atoms with Gasteiger partial charge < -0.3 is 10.6 Å². The molecule has 0 amide bonds. The molecule has 2 atom stereocenters. The highest BCUT2D eigenvalue weighted by atomic mass is 15.3. The molecule has 0 unspecified atom stereocenters. The van der Waals surface area contributed by atoms with E-state index in [0.717, 1.165) is 59.1 Å². The summed E-state index contributed by atoms with van der Waals surface area (Å²) in [5.41, 5.74) is 12.7. The number of anilines is 2. The van der Waals surface area contributed by atoms with Crippen molar-refractivity contribution in [2.75, 3.05) is 23.7 Å². The lowest BCUT2D eigenvalue weighted by Gasteiger charge is -2.45. The van der Waals surface area contributed by atoms with Crippen LogP contribution < -0.4 is 10.6 Å². The highest BCUT2D eigenvalue weighted by Gasteiger charge is 2.30. The fraction of sp³-hybridized carbons (Fsp3) is 0.200. The highest BCUT2D eigenvalue weighted by Crippen LogP contribution is 2.32. The highest BCUT2D eigenvalue weighted by molar-refractivity contribution is 5.84. The zero-order valence-corrected chi connectivity index (χ0v) is 25.1. The molecule has 0 radical (unpaired) electrons. The van der Waals surface area contributed by atoms with Crippen LogP contribution in [-0.4, -0.2) is 59.6 Å². The minimum atomic E-state index is 0.195. The smallest absolute Gasteiger partial charge is 0.234 e. The molecule has 10 heteroatoms. The number of hydrogen-bond acceptors (Lipinski definition) is 9. The minimum absolute atomic E-state index is 0.195. The normalized spacial score (nSPS) is 17.0. The standard InChI is InChI=1S/C35H32N10/c1-23-20-43(21-24(2)44(23)32-16-18-38-31(19-36)42-32)22-25-10-12-27(13-11-25)45-34(28-9-6-17-39-33(28)37)41-30-15-14-29(40-35(30)45)26-7-4-3-5-8-26/h3-18,23-24H,20-22H2,1-2H3,(H2,37,39)/t23-,24-/m0/s1. The Bertz CT molecular complexity index is 2000. The monoisotopic (exact) mass is 592 g/mol. The van der Waals surface area contributed by atoms with Gasteiger partial charge in [0, 0.05) is 55.4 Å². The third-order valence-corrected chi connectivity index (χ3v) is 8.25. The average Bonchev–Trinajstić information content (AvgIpc) is 3.44. The predicted molar refractivity (Wildman–Crippen MR) is 175 cm³/mol. The first-order valence-electron chi connectivity index (χ1n) is 15.0. The summed E-state index contributed by atoms with van der Waals surface area (Å²) in [5.74, 6) is 2.11. The van der Waals surface area contributed by atoms with Crippen LogP contribution in [0.1, 0.15) is 25.2 Å². The van der Waals surface area contributed by atoms with Gasteiger partial charge >= 0.3 is 0 Å². The van der Waals surface area contributed by atoms with E-state index in [0.29, 0.717) is 11.6 Å². The number of pyridine rings is 2. The third kappa shape index (κ3) is 5.46. The van der Waals surface area contributed by atoms with Gasteiger partial charge in [0.15, 0.2) is 11.5 Å². The molecule has 1 aliphatic heterocycles. The fourth-order valence-electron chi connectivity index (χ4n) is 6.33. The van der Waals surface area contributed by atoms with E-state index in [1.54, 1.807) is 12.4 Å². The molecule has 7 rings (SSSR count). The van der Waals surface area contributed by atoms with Crippen molar-refractivity contribution in [3.05, 3.63) is 109 Å². The van der Waals surface area contributed by atoms with Gasteiger partial charge in [-0.2, -0.15) is 5.26 Å². The summed E-state index contributed by atoms with van der Waals surface area (Å²) in [5, 5.41) is 9.26. The molecular weight excluding hydrogens is 560 g/mol. The van der Waals surface area contributed by atoms with Crippen molar-refractivity contribution in [3.63, 3.8) is 0 Å². The van der Waals surface area contributed by atoms with Crippen molar-refractivity contribution in [2.24, 2.45) is 0 Å². The molecule has 0 aliphatic carbocycles. The van der Waals surface area contributed by atoms with Crippen molar-refractivity contribution in [2.45, 2.75) is 32.5 Å². The number of hydrogen-bond donors (Lipinski definition) is 1. The number of nitrogens with two attached hydrogens (primary N) is 1. The van der Waals surface area contributed by atoms with Gasteiger partial charge in [-0.1, -0.05) is 42.5 Å². The van der Waals surface area contributed by atoms with E-state index in [1.165, 1.54) is 5.56 Å². The van der Waals surface area contributed by atoms with Crippen LogP contribution in [0.5, 0.6) is 0 Å². The summed E-state index contributed by atoms with van der Waals surface area (Å²) in [4.78, 5) is 27.6. The van der Waals surface area contributed by atoms with Crippen molar-refractivity contribution in [1.82, 2.24) is 34.4 Å². The van der Waals surface area contributed by atoms with Gasteiger partial charge in [0.05, 0.1) is 11.3 Å². The maximum absolute atomic E-state index is 9.26. The zero-order chi connectivity index (χ0) is 30.9. The van der Waals surface area contributed by atoms with E-state index in [2.05, 4.69) is 79.6 Å². The molecule has 0 bridgehead atoms. The third-order valence-electron chi connectivity index (χ3n) is 8.25. The van der Waals surface area contributed by atoms with Crippen LogP contribution in [0.4, 0.5) is 11.6 Å². The van der Waals surface area contributed by atoms with Gasteiger partial charge in [0.2, 0.25) is 5.82 Å². The number of benzene rings is 2. The van der Waals surface area contributed by atoms with Crippen molar-refractivity contribution in [3.8, 4) is 34.4 Å². The summed E-state index contributed by atoms with van der Waals surface area (Å²) >= 11 is 0. The van der Waals surface area contributed by atoms with Crippen molar-refractivity contribution in [1.29, 1.82) is 5.26 Å². The van der Waals surface area contributed by atoms with Crippen LogP contribution in [0.25, 0.3) is 39.5 Å². The van der Waals surface area contributed by atoms with E-state index >= 15 is 0 Å². The molecular formula is C35H32N10. The largest absolute Gasteiger partial charge is 0.383 e. The van der Waals surface area contributed by atoms with Crippen LogP contribution in [0.2, 0.25) is 0 Å². The second kappa shape index (κ2) is 11.8. The second-order valence-electron chi connectivity index (χ2n) is 11.4. The van der Waals surface area contributed by atoms with Gasteiger partial charge in [0.1, 0.15) is 23.2 Å². The van der Waals surface area contributed by atoms with E-state index in [9.17, 15) is 5.26 Å². The van der Waals surface area contributed by atoms with E-state index in [-0.39, 0.29) is 17.9 Å². The predicted octanol–water partition coefficient (Wildman–Crippen LogP) is 5.49. The Morgan fingerprint density at radius 1 is 0.822 bits per heavy atom. The van der Waals surface area contributed by atoms with Crippen molar-refractivity contribution < 1.29 is 0 Å². The Morgan fingerprint density at radius 3 is 2.33 bits per heavy atom. The van der Waals surface area contributed by atoms with Gasteiger partial charge in [0.25, 0.3) is 0 Å². The zero-order valence-electron chi connectivity index (χ0n) is 25.1. The van der Waals surface area contributed by atoms with Crippen LogP contribution in [-0.2, 0) is 6.54 Å². The first kappa shape index (κ1) is 28.1. The maximum Gasteiger partial charge on any atom is 0.234 e. The quantitative estimate of drug-likeness (QED) is 0.267. The van der Waals surface area contributed by atoms with E-state index < -0.39 is 0 Å². The first-order valence-corrected chi connectivity index (χ1v) is 15.0. The SMILES string of the molecule is C[C@H]1CN(Cc2ccc(-n3c(-c4cccnc4N)nc4ccc(-c5ccccc5)nc43)cc2)C[C@H](C)N1c1ccnc(C#N)n1. The number of nitrogens with zero attached hydrogens (tertiary/aromatic N) is 9. The minimum Gasteiger partial charge on any atom is -0.383 e. The van der Waals surface area contributed by atoms with Crippen LogP contribution >= 0.6 is 0 Å². The number of imidazole rings is 1. The summed E-state index contributed by atoms with van der Waals surface area (Å²) in [6.07, 6.45) is 3.34. The molecule has 45 heavy (non-hydrogen) atoms. The summed E-state index contributed by atoms with van der Waals surface area (Å²) < 4.78 is 2.07. The lowest BCUT2D eigenvalue weighted by atomic mass is 10.1. The summed E-state index contributed by atoms with van der Waals surface area (Å²) in [7, 11) is 0. The maximum atomic E-state index is 9.26. The molecule has 2 aromatic carbocycles. The summed E-state index contributed by atoms with van der Waals surface area (Å²) in [6.45, 7) is 6.97. The Hall–Kier alpha value is -5.66.